The van der Waals surface area contributed by atoms with Gasteiger partial charge in [0.1, 0.15) is 24.0 Å². The van der Waals surface area contributed by atoms with Crippen LogP contribution in [0.3, 0.4) is 0 Å². The molecule has 0 unspecified atom stereocenters. The summed E-state index contributed by atoms with van der Waals surface area (Å²) in [6.45, 7) is 5.99. The van der Waals surface area contributed by atoms with Crippen LogP contribution in [0.4, 0.5) is 30.5 Å². The minimum Gasteiger partial charge on any atom is -0.367 e. The SMILES string of the molecule is CN1CCN(c2cc(N3CCN(c4cccc(C(F)(F)F)c4C#N)CC3)ncn2)CC1. The van der Waals surface area contributed by atoms with E-state index >= 15 is 0 Å². The Morgan fingerprint density at radius 3 is 1.97 bits per heavy atom. The molecule has 0 spiro atoms. The predicted octanol–water partition coefficient (Wildman–Crippen LogP) is 2.45. The Labute approximate surface area is 179 Å². The average Bonchev–Trinajstić information content (AvgIpc) is 2.78. The molecule has 2 fully saturated rings. The fraction of sp³-hybridized carbons (Fsp3) is 0.476. The van der Waals surface area contributed by atoms with E-state index in [2.05, 4.69) is 31.7 Å². The Balaban J connectivity index is 1.47. The lowest BCUT2D eigenvalue weighted by atomic mass is 10.0. The minimum absolute atomic E-state index is 0.317. The van der Waals surface area contributed by atoms with Crippen LogP contribution in [0.1, 0.15) is 11.1 Å². The van der Waals surface area contributed by atoms with Gasteiger partial charge in [-0.15, -0.1) is 0 Å². The third-order valence-electron chi connectivity index (χ3n) is 5.87. The summed E-state index contributed by atoms with van der Waals surface area (Å²) in [5.74, 6) is 1.71. The van der Waals surface area contributed by atoms with Crippen molar-refractivity contribution in [2.24, 2.45) is 0 Å². The molecule has 7 nitrogen and oxygen atoms in total. The van der Waals surface area contributed by atoms with E-state index in [-0.39, 0.29) is 5.56 Å². The summed E-state index contributed by atoms with van der Waals surface area (Å²) in [5.41, 5.74) is -0.872. The molecule has 1 aromatic carbocycles. The number of likely N-dealkylation sites (N-methyl/N-ethyl adjacent to an activating group) is 1. The number of aromatic nitrogens is 2. The lowest BCUT2D eigenvalue weighted by Gasteiger charge is -2.38. The number of nitrogens with zero attached hydrogens (tertiary/aromatic N) is 7. The lowest BCUT2D eigenvalue weighted by Crippen LogP contribution is -2.47. The first-order valence-corrected chi connectivity index (χ1v) is 10.2. The molecule has 2 aromatic rings. The van der Waals surface area contributed by atoms with Crippen molar-refractivity contribution in [3.8, 4) is 6.07 Å². The number of alkyl halides is 3. The highest BCUT2D eigenvalue weighted by Gasteiger charge is 2.35. The van der Waals surface area contributed by atoms with Crippen LogP contribution in [0.2, 0.25) is 0 Å². The van der Waals surface area contributed by atoms with E-state index < -0.39 is 11.7 Å². The van der Waals surface area contributed by atoms with E-state index in [1.165, 1.54) is 6.07 Å². The lowest BCUT2D eigenvalue weighted by molar-refractivity contribution is -0.137. The van der Waals surface area contributed by atoms with Crippen molar-refractivity contribution in [3.63, 3.8) is 0 Å². The molecular weight excluding hydrogens is 407 g/mol. The molecule has 2 saturated heterocycles. The van der Waals surface area contributed by atoms with E-state index in [0.29, 0.717) is 31.9 Å². The van der Waals surface area contributed by atoms with Gasteiger partial charge in [-0.2, -0.15) is 18.4 Å². The number of rotatable bonds is 3. The first kappa shape index (κ1) is 21.2. The second-order valence-corrected chi connectivity index (χ2v) is 7.81. The highest BCUT2D eigenvalue weighted by Crippen LogP contribution is 2.36. The maximum atomic E-state index is 13.3. The Bertz CT molecular complexity index is 956. The standard InChI is InChI=1S/C21H24F3N7/c1-28-5-7-30(8-6-28)19-13-20(27-15-26-19)31-11-9-29(10-12-31)18-4-2-3-17(16(18)14-25)21(22,23)24/h2-4,13,15H,5-12H2,1H3. The van der Waals surface area contributed by atoms with Gasteiger partial charge in [-0.1, -0.05) is 6.07 Å². The van der Waals surface area contributed by atoms with Crippen LogP contribution >= 0.6 is 0 Å². The monoisotopic (exact) mass is 431 g/mol. The molecule has 0 bridgehead atoms. The van der Waals surface area contributed by atoms with Crippen molar-refractivity contribution in [1.29, 1.82) is 5.26 Å². The van der Waals surface area contributed by atoms with Gasteiger partial charge < -0.3 is 19.6 Å². The summed E-state index contributed by atoms with van der Waals surface area (Å²) < 4.78 is 39.8. The maximum absolute atomic E-state index is 13.3. The van der Waals surface area contributed by atoms with Crippen LogP contribution < -0.4 is 14.7 Å². The van der Waals surface area contributed by atoms with Gasteiger partial charge in [-0.3, -0.25) is 0 Å². The first-order valence-electron chi connectivity index (χ1n) is 10.2. The highest BCUT2D eigenvalue weighted by atomic mass is 19.4. The number of hydrogen-bond acceptors (Lipinski definition) is 7. The second-order valence-electron chi connectivity index (χ2n) is 7.81. The first-order chi connectivity index (χ1) is 14.9. The molecule has 0 radical (unpaired) electrons. The summed E-state index contributed by atoms with van der Waals surface area (Å²) in [4.78, 5) is 17.3. The molecule has 0 N–H and O–H groups in total. The van der Waals surface area contributed by atoms with Gasteiger partial charge in [0, 0.05) is 58.4 Å². The molecule has 0 saturated carbocycles. The second kappa shape index (κ2) is 8.59. The quantitative estimate of drug-likeness (QED) is 0.740. The summed E-state index contributed by atoms with van der Waals surface area (Å²) in [7, 11) is 2.10. The van der Waals surface area contributed by atoms with Crippen molar-refractivity contribution >= 4 is 17.3 Å². The molecule has 3 heterocycles. The number of hydrogen-bond donors (Lipinski definition) is 0. The Hall–Kier alpha value is -3.06. The van der Waals surface area contributed by atoms with Crippen LogP contribution in [0, 0.1) is 11.3 Å². The number of benzene rings is 1. The summed E-state index contributed by atoms with van der Waals surface area (Å²) in [6, 6.07) is 7.63. The topological polar surface area (TPSA) is 62.5 Å². The van der Waals surface area contributed by atoms with Crippen molar-refractivity contribution in [3.05, 3.63) is 41.7 Å². The largest absolute Gasteiger partial charge is 0.417 e. The third-order valence-corrected chi connectivity index (χ3v) is 5.87. The Morgan fingerprint density at radius 2 is 1.42 bits per heavy atom. The third kappa shape index (κ3) is 4.51. The molecule has 4 rings (SSSR count). The van der Waals surface area contributed by atoms with Gasteiger partial charge in [0.05, 0.1) is 16.8 Å². The smallest absolute Gasteiger partial charge is 0.367 e. The van der Waals surface area contributed by atoms with E-state index in [4.69, 9.17) is 0 Å². The van der Waals surface area contributed by atoms with Gasteiger partial charge in [0.15, 0.2) is 0 Å². The van der Waals surface area contributed by atoms with Crippen LogP contribution in [0.15, 0.2) is 30.6 Å². The molecule has 0 amide bonds. The Morgan fingerprint density at radius 1 is 0.871 bits per heavy atom. The van der Waals surface area contributed by atoms with Crippen molar-refractivity contribution in [1.82, 2.24) is 14.9 Å². The van der Waals surface area contributed by atoms with E-state index in [1.807, 2.05) is 11.0 Å². The normalized spacial score (nSPS) is 18.2. The minimum atomic E-state index is -4.55. The van der Waals surface area contributed by atoms with Crippen molar-refractivity contribution in [2.45, 2.75) is 6.18 Å². The van der Waals surface area contributed by atoms with Gasteiger partial charge in [-0.05, 0) is 19.2 Å². The van der Waals surface area contributed by atoms with Gasteiger partial charge in [0.2, 0.25) is 0 Å². The maximum Gasteiger partial charge on any atom is 0.417 e. The predicted molar refractivity (Wildman–Crippen MR) is 112 cm³/mol. The summed E-state index contributed by atoms with van der Waals surface area (Å²) >= 11 is 0. The number of nitriles is 1. The van der Waals surface area contributed by atoms with Gasteiger partial charge >= 0.3 is 6.18 Å². The van der Waals surface area contributed by atoms with Crippen molar-refractivity contribution < 1.29 is 13.2 Å². The van der Waals surface area contributed by atoms with E-state index in [9.17, 15) is 18.4 Å². The molecule has 164 valence electrons. The molecular formula is C21H24F3N7. The Kier molecular flexibility index (Phi) is 5.87. The molecule has 2 aliphatic heterocycles. The van der Waals surface area contributed by atoms with Gasteiger partial charge in [0.25, 0.3) is 0 Å². The zero-order valence-corrected chi connectivity index (χ0v) is 17.3. The fourth-order valence-corrected chi connectivity index (χ4v) is 4.05. The number of anilines is 3. The average molecular weight is 431 g/mol. The van der Waals surface area contributed by atoms with E-state index in [1.54, 1.807) is 18.5 Å². The van der Waals surface area contributed by atoms with E-state index in [0.717, 1.165) is 43.9 Å². The fourth-order valence-electron chi connectivity index (χ4n) is 4.05. The number of halogens is 3. The number of piperazine rings is 2. The molecule has 31 heavy (non-hydrogen) atoms. The highest BCUT2D eigenvalue weighted by molar-refractivity contribution is 5.64. The van der Waals surface area contributed by atoms with Gasteiger partial charge in [-0.25, -0.2) is 9.97 Å². The zero-order valence-electron chi connectivity index (χ0n) is 17.3. The molecule has 10 heteroatoms. The summed E-state index contributed by atoms with van der Waals surface area (Å²) in [6.07, 6.45) is -2.99. The van der Waals surface area contributed by atoms with Crippen LogP contribution in [0.25, 0.3) is 0 Å². The van der Waals surface area contributed by atoms with Crippen LogP contribution in [-0.2, 0) is 6.18 Å². The van der Waals surface area contributed by atoms with Crippen LogP contribution in [-0.4, -0.2) is 74.3 Å². The molecule has 1 aromatic heterocycles. The van der Waals surface area contributed by atoms with Crippen LogP contribution in [0.5, 0.6) is 0 Å². The van der Waals surface area contributed by atoms with Crippen molar-refractivity contribution in [2.75, 3.05) is 74.1 Å². The molecule has 2 aliphatic rings. The zero-order chi connectivity index (χ0) is 22.0. The molecule has 0 aliphatic carbocycles. The summed E-state index contributed by atoms with van der Waals surface area (Å²) in [5, 5.41) is 9.38. The molecule has 0 atom stereocenters.